The first-order valence-corrected chi connectivity index (χ1v) is 20.8. The van der Waals surface area contributed by atoms with Crippen LogP contribution in [0.25, 0.3) is 66.4 Å². The molecule has 9 aromatic carbocycles. The van der Waals surface area contributed by atoms with Gasteiger partial charge in [0.1, 0.15) is 0 Å². The number of nitrogens with zero attached hydrogens (tertiary/aromatic N) is 1. The van der Waals surface area contributed by atoms with Crippen LogP contribution in [-0.4, -0.2) is 0 Å². The molecule has 0 N–H and O–H groups in total. The van der Waals surface area contributed by atoms with Crippen molar-refractivity contribution >= 4 is 27.8 Å². The van der Waals surface area contributed by atoms with Crippen LogP contribution in [0.5, 0.6) is 0 Å². The Morgan fingerprint density at radius 1 is 0.288 bits per heavy atom. The van der Waals surface area contributed by atoms with Gasteiger partial charge < -0.3 is 4.90 Å². The van der Waals surface area contributed by atoms with Crippen LogP contribution in [0.15, 0.2) is 212 Å². The lowest BCUT2D eigenvalue weighted by atomic mass is 9.55. The van der Waals surface area contributed by atoms with Crippen molar-refractivity contribution in [2.24, 2.45) is 0 Å². The lowest BCUT2D eigenvalue weighted by Crippen LogP contribution is -2.43. The smallest absolute Gasteiger partial charge is 0.0467 e. The summed E-state index contributed by atoms with van der Waals surface area (Å²) in [6.45, 7) is 9.69. The molecule has 0 bridgehead atoms. The molecular formula is C58H47N. The third-order valence-corrected chi connectivity index (χ3v) is 13.2. The minimum Gasteiger partial charge on any atom is -0.310 e. The van der Waals surface area contributed by atoms with Gasteiger partial charge in [0, 0.05) is 17.1 Å². The van der Waals surface area contributed by atoms with Crippen LogP contribution in [0.1, 0.15) is 38.8 Å². The standard InChI is InChI=1S/C58H47N/c1-57(2)54-28-14-13-27-52(54)56-51-26-12-11-25-50(51)53(39-55(56)58(57,3)4)46-23-16-24-49(38-46)59(47-33-29-42(30-34-47)40-17-7-5-8-18-40)48-35-31-43(32-36-48)45-22-15-21-44(37-45)41-19-9-6-10-20-41/h5-39H,1-4H3. The SMILES string of the molecule is CC1(C)c2ccccc2-c2c(cc(-c3cccc(N(c4ccc(-c5ccccc5)cc4)c4ccc(-c5cccc(-c6ccccc6)c5)cc4)c3)c3ccccc23)C1(C)C. The van der Waals surface area contributed by atoms with Gasteiger partial charge in [-0.1, -0.05) is 191 Å². The highest BCUT2D eigenvalue weighted by Gasteiger charge is 2.46. The van der Waals surface area contributed by atoms with Gasteiger partial charge >= 0.3 is 0 Å². The molecule has 0 radical (unpaired) electrons. The number of hydrogen-bond acceptors (Lipinski definition) is 1. The second kappa shape index (κ2) is 14.5. The Hall–Kier alpha value is -6.96. The summed E-state index contributed by atoms with van der Waals surface area (Å²) in [7, 11) is 0. The Morgan fingerprint density at radius 2 is 0.746 bits per heavy atom. The van der Waals surface area contributed by atoms with Crippen LogP contribution < -0.4 is 4.90 Å². The second-order valence-electron chi connectivity index (χ2n) is 17.0. The van der Waals surface area contributed by atoms with E-state index >= 15 is 0 Å². The molecule has 0 atom stereocenters. The van der Waals surface area contributed by atoms with Crippen LogP contribution in [0, 0.1) is 0 Å². The average Bonchev–Trinajstić information content (AvgIpc) is 3.29. The van der Waals surface area contributed by atoms with Gasteiger partial charge in [-0.2, -0.15) is 0 Å². The van der Waals surface area contributed by atoms with Gasteiger partial charge in [0.05, 0.1) is 0 Å². The fourth-order valence-corrected chi connectivity index (χ4v) is 9.32. The Balaban J connectivity index is 1.11. The van der Waals surface area contributed by atoms with Crippen molar-refractivity contribution in [1.82, 2.24) is 0 Å². The summed E-state index contributed by atoms with van der Waals surface area (Å²) in [6, 6.07) is 77.8. The molecule has 0 fully saturated rings. The summed E-state index contributed by atoms with van der Waals surface area (Å²) in [5, 5.41) is 2.58. The van der Waals surface area contributed by atoms with Crippen molar-refractivity contribution in [2.75, 3.05) is 4.90 Å². The number of hydrogen-bond donors (Lipinski definition) is 0. The zero-order chi connectivity index (χ0) is 40.1. The summed E-state index contributed by atoms with van der Waals surface area (Å²) < 4.78 is 0. The van der Waals surface area contributed by atoms with Crippen molar-refractivity contribution in [3.8, 4) is 55.6 Å². The molecule has 0 unspecified atom stereocenters. The lowest BCUT2D eigenvalue weighted by molar-refractivity contribution is 0.299. The lowest BCUT2D eigenvalue weighted by Gasteiger charge is -2.49. The van der Waals surface area contributed by atoms with E-state index in [2.05, 4.69) is 245 Å². The molecule has 1 aliphatic carbocycles. The minimum atomic E-state index is -0.109. The van der Waals surface area contributed by atoms with E-state index in [1.54, 1.807) is 0 Å². The molecule has 0 heterocycles. The molecule has 1 heteroatoms. The summed E-state index contributed by atoms with van der Waals surface area (Å²) in [5.41, 5.74) is 18.4. The first-order valence-electron chi connectivity index (χ1n) is 20.8. The maximum atomic E-state index is 2.51. The summed E-state index contributed by atoms with van der Waals surface area (Å²) in [6.07, 6.45) is 0. The molecule has 1 aliphatic rings. The molecule has 0 amide bonds. The van der Waals surface area contributed by atoms with Crippen molar-refractivity contribution in [3.63, 3.8) is 0 Å². The quantitative estimate of drug-likeness (QED) is 0.156. The van der Waals surface area contributed by atoms with E-state index in [1.807, 2.05) is 0 Å². The van der Waals surface area contributed by atoms with Crippen LogP contribution in [-0.2, 0) is 10.8 Å². The first-order chi connectivity index (χ1) is 28.8. The largest absolute Gasteiger partial charge is 0.310 e. The molecule has 0 saturated carbocycles. The Labute approximate surface area is 348 Å². The Bertz CT molecular complexity index is 2960. The van der Waals surface area contributed by atoms with Crippen molar-refractivity contribution in [1.29, 1.82) is 0 Å². The van der Waals surface area contributed by atoms with Gasteiger partial charge in [0.15, 0.2) is 0 Å². The normalized spacial score (nSPS) is 13.7. The van der Waals surface area contributed by atoms with Crippen molar-refractivity contribution < 1.29 is 0 Å². The third-order valence-electron chi connectivity index (χ3n) is 13.2. The molecule has 1 nitrogen and oxygen atoms in total. The predicted molar refractivity (Wildman–Crippen MR) is 252 cm³/mol. The Morgan fingerprint density at radius 3 is 1.39 bits per heavy atom. The highest BCUT2D eigenvalue weighted by atomic mass is 15.1. The van der Waals surface area contributed by atoms with Gasteiger partial charge in [0.2, 0.25) is 0 Å². The fourth-order valence-electron chi connectivity index (χ4n) is 9.32. The van der Waals surface area contributed by atoms with Gasteiger partial charge in [-0.25, -0.2) is 0 Å². The third kappa shape index (κ3) is 6.26. The molecule has 10 rings (SSSR count). The zero-order valence-electron chi connectivity index (χ0n) is 34.2. The van der Waals surface area contributed by atoms with Gasteiger partial charge in [-0.3, -0.25) is 0 Å². The van der Waals surface area contributed by atoms with Crippen molar-refractivity contribution in [3.05, 3.63) is 223 Å². The number of benzene rings is 9. The topological polar surface area (TPSA) is 3.24 Å². The maximum Gasteiger partial charge on any atom is 0.0467 e. The number of rotatable bonds is 7. The van der Waals surface area contributed by atoms with Crippen LogP contribution >= 0.6 is 0 Å². The monoisotopic (exact) mass is 757 g/mol. The van der Waals surface area contributed by atoms with Gasteiger partial charge in [0.25, 0.3) is 0 Å². The van der Waals surface area contributed by atoms with Crippen LogP contribution in [0.2, 0.25) is 0 Å². The van der Waals surface area contributed by atoms with E-state index in [0.29, 0.717) is 0 Å². The minimum absolute atomic E-state index is 0.0596. The first kappa shape index (κ1) is 36.4. The van der Waals surface area contributed by atoms with E-state index in [0.717, 1.165) is 17.1 Å². The molecule has 0 spiro atoms. The Kier molecular flexibility index (Phi) is 8.91. The van der Waals surface area contributed by atoms with E-state index in [-0.39, 0.29) is 10.8 Å². The van der Waals surface area contributed by atoms with Gasteiger partial charge in [-0.05, 0) is 137 Å². The molecule has 0 saturated heterocycles. The highest BCUT2D eigenvalue weighted by Crippen LogP contribution is 2.56. The summed E-state index contributed by atoms with van der Waals surface area (Å²) in [5.74, 6) is 0. The molecular weight excluding hydrogens is 711 g/mol. The fraction of sp³-hybridized carbons (Fsp3) is 0.103. The van der Waals surface area contributed by atoms with Crippen LogP contribution in [0.3, 0.4) is 0 Å². The summed E-state index contributed by atoms with van der Waals surface area (Å²) in [4.78, 5) is 2.40. The predicted octanol–water partition coefficient (Wildman–Crippen LogP) is 16.2. The van der Waals surface area contributed by atoms with Crippen molar-refractivity contribution in [2.45, 2.75) is 38.5 Å². The zero-order valence-corrected chi connectivity index (χ0v) is 34.2. The molecule has 284 valence electrons. The molecule has 59 heavy (non-hydrogen) atoms. The maximum absolute atomic E-state index is 2.51. The van der Waals surface area contributed by atoms with Crippen LogP contribution in [0.4, 0.5) is 17.1 Å². The number of anilines is 3. The van der Waals surface area contributed by atoms with E-state index in [1.165, 1.54) is 77.5 Å². The van der Waals surface area contributed by atoms with E-state index in [4.69, 9.17) is 0 Å². The molecule has 9 aromatic rings. The molecule has 0 aromatic heterocycles. The average molecular weight is 758 g/mol. The molecule has 0 aliphatic heterocycles. The van der Waals surface area contributed by atoms with Gasteiger partial charge in [-0.15, -0.1) is 0 Å². The summed E-state index contributed by atoms with van der Waals surface area (Å²) >= 11 is 0. The number of fused-ring (bicyclic) bond motifs is 5. The highest BCUT2D eigenvalue weighted by molar-refractivity contribution is 6.08. The van der Waals surface area contributed by atoms with E-state index in [9.17, 15) is 0 Å². The van der Waals surface area contributed by atoms with E-state index < -0.39 is 0 Å². The second-order valence-corrected chi connectivity index (χ2v) is 17.0.